The molecule has 1 heterocycles. The Bertz CT molecular complexity index is 1020. The third kappa shape index (κ3) is 4.84. The molecule has 1 N–H and O–H groups in total. The second kappa shape index (κ2) is 8.64. The van der Waals surface area contributed by atoms with Crippen molar-refractivity contribution < 1.29 is 9.59 Å². The number of nitrogens with one attached hydrogen (secondary N) is 1. The maximum absolute atomic E-state index is 12.5. The van der Waals surface area contributed by atoms with Gasteiger partial charge in [0, 0.05) is 18.3 Å². The quantitative estimate of drug-likeness (QED) is 0.695. The van der Waals surface area contributed by atoms with Crippen molar-refractivity contribution in [2.24, 2.45) is 0 Å². The highest BCUT2D eigenvalue weighted by atomic mass is 16.2. The fourth-order valence-corrected chi connectivity index (χ4v) is 2.98. The van der Waals surface area contributed by atoms with Gasteiger partial charge in [-0.1, -0.05) is 42.5 Å². The summed E-state index contributed by atoms with van der Waals surface area (Å²) in [6, 6.07) is 13.5. The Balaban J connectivity index is 1.60. The van der Waals surface area contributed by atoms with Crippen LogP contribution in [0.15, 0.2) is 42.5 Å². The number of aromatic nitrogens is 4. The monoisotopic (exact) mass is 392 g/mol. The van der Waals surface area contributed by atoms with Crippen LogP contribution >= 0.6 is 0 Å². The number of anilines is 1. The van der Waals surface area contributed by atoms with E-state index in [2.05, 4.69) is 20.7 Å². The smallest absolute Gasteiger partial charge is 0.246 e. The normalized spacial score (nSPS) is 10.6. The van der Waals surface area contributed by atoms with E-state index >= 15 is 0 Å². The molecule has 0 spiro atoms. The molecule has 0 aliphatic carbocycles. The summed E-state index contributed by atoms with van der Waals surface area (Å²) in [4.78, 5) is 27.4. The van der Waals surface area contributed by atoms with Crippen LogP contribution in [0.1, 0.15) is 16.7 Å². The van der Waals surface area contributed by atoms with Crippen molar-refractivity contribution >= 4 is 17.5 Å². The van der Waals surface area contributed by atoms with E-state index in [1.54, 1.807) is 7.05 Å². The third-order valence-corrected chi connectivity index (χ3v) is 4.67. The van der Waals surface area contributed by atoms with Crippen LogP contribution in [0, 0.1) is 20.8 Å². The van der Waals surface area contributed by atoms with Crippen LogP contribution in [0.2, 0.25) is 0 Å². The van der Waals surface area contributed by atoms with Crippen molar-refractivity contribution in [1.82, 2.24) is 25.1 Å². The zero-order valence-corrected chi connectivity index (χ0v) is 17.0. The fourth-order valence-electron chi connectivity index (χ4n) is 2.98. The Morgan fingerprint density at radius 3 is 2.34 bits per heavy atom. The Labute approximate surface area is 169 Å². The Morgan fingerprint density at radius 2 is 1.66 bits per heavy atom. The van der Waals surface area contributed by atoms with E-state index in [9.17, 15) is 9.59 Å². The lowest BCUT2D eigenvalue weighted by molar-refractivity contribution is -0.134. The molecule has 2 aromatic carbocycles. The number of nitrogens with zero attached hydrogens (tertiary/aromatic N) is 5. The summed E-state index contributed by atoms with van der Waals surface area (Å²) in [6.45, 7) is 5.67. The Hall–Kier alpha value is -3.55. The first-order valence-corrected chi connectivity index (χ1v) is 9.29. The van der Waals surface area contributed by atoms with Gasteiger partial charge in [-0.3, -0.25) is 9.59 Å². The number of benzene rings is 2. The molecule has 0 saturated carbocycles. The Kier molecular flexibility index (Phi) is 6.01. The number of hydrogen-bond donors (Lipinski definition) is 1. The van der Waals surface area contributed by atoms with Crippen LogP contribution in [-0.2, 0) is 16.1 Å². The highest BCUT2D eigenvalue weighted by molar-refractivity contribution is 5.95. The predicted octanol–water partition coefficient (Wildman–Crippen LogP) is 2.36. The van der Waals surface area contributed by atoms with E-state index < -0.39 is 0 Å². The molecule has 8 nitrogen and oxygen atoms in total. The van der Waals surface area contributed by atoms with Crippen LogP contribution in [0.3, 0.4) is 0 Å². The number of likely N-dealkylation sites (N-methyl/N-ethyl adjacent to an activating group) is 1. The molecule has 150 valence electrons. The number of amides is 2. The first-order valence-electron chi connectivity index (χ1n) is 9.29. The van der Waals surface area contributed by atoms with Gasteiger partial charge in [-0.05, 0) is 42.7 Å². The maximum atomic E-state index is 12.5. The minimum absolute atomic E-state index is 0.0635. The van der Waals surface area contributed by atoms with Gasteiger partial charge >= 0.3 is 0 Å². The van der Waals surface area contributed by atoms with Crippen LogP contribution < -0.4 is 5.32 Å². The lowest BCUT2D eigenvalue weighted by Gasteiger charge is -2.17. The molecule has 0 bridgehead atoms. The number of aryl methyl sites for hydroxylation is 3. The van der Waals surface area contributed by atoms with Crippen molar-refractivity contribution in [2.45, 2.75) is 27.3 Å². The van der Waals surface area contributed by atoms with Gasteiger partial charge in [-0.25, -0.2) is 0 Å². The van der Waals surface area contributed by atoms with Gasteiger partial charge in [0.1, 0.15) is 6.54 Å². The molecule has 0 atom stereocenters. The average Bonchev–Trinajstić information content (AvgIpc) is 3.13. The zero-order valence-electron chi connectivity index (χ0n) is 17.0. The molecule has 3 aromatic rings. The highest BCUT2D eigenvalue weighted by Crippen LogP contribution is 2.19. The number of para-hydroxylation sites is 1. The molecule has 0 fully saturated rings. The number of carbonyl (C=O) groups is 2. The SMILES string of the molecule is Cc1ccccc1-c1nnn(CC(=O)N(C)CC(=O)Nc2c(C)cccc2C)n1. The second-order valence-corrected chi connectivity index (χ2v) is 7.02. The summed E-state index contributed by atoms with van der Waals surface area (Å²) >= 11 is 0. The van der Waals surface area contributed by atoms with Crippen LogP contribution in [0.25, 0.3) is 11.4 Å². The second-order valence-electron chi connectivity index (χ2n) is 7.02. The lowest BCUT2D eigenvalue weighted by Crippen LogP contribution is -2.37. The molecule has 0 saturated heterocycles. The predicted molar refractivity (Wildman–Crippen MR) is 110 cm³/mol. The molecule has 0 aliphatic heterocycles. The summed E-state index contributed by atoms with van der Waals surface area (Å²) in [5.41, 5.74) is 4.62. The summed E-state index contributed by atoms with van der Waals surface area (Å²) < 4.78 is 0. The van der Waals surface area contributed by atoms with Gasteiger partial charge < -0.3 is 10.2 Å². The third-order valence-electron chi connectivity index (χ3n) is 4.67. The van der Waals surface area contributed by atoms with E-state index in [4.69, 9.17) is 0 Å². The van der Waals surface area contributed by atoms with Gasteiger partial charge in [0.05, 0.1) is 6.54 Å². The van der Waals surface area contributed by atoms with Gasteiger partial charge in [0.15, 0.2) is 0 Å². The van der Waals surface area contributed by atoms with E-state index in [1.807, 2.05) is 63.2 Å². The molecule has 1 aromatic heterocycles. The number of hydrogen-bond acceptors (Lipinski definition) is 5. The van der Waals surface area contributed by atoms with Gasteiger partial charge in [0.25, 0.3) is 0 Å². The summed E-state index contributed by atoms with van der Waals surface area (Å²) in [6.07, 6.45) is 0. The molecular weight excluding hydrogens is 368 g/mol. The molecular formula is C21H24N6O2. The highest BCUT2D eigenvalue weighted by Gasteiger charge is 2.17. The van der Waals surface area contributed by atoms with Crippen molar-refractivity contribution in [3.63, 3.8) is 0 Å². The number of rotatable bonds is 6. The van der Waals surface area contributed by atoms with E-state index in [-0.39, 0.29) is 24.9 Å². The van der Waals surface area contributed by atoms with Crippen molar-refractivity contribution in [3.8, 4) is 11.4 Å². The molecule has 29 heavy (non-hydrogen) atoms. The Morgan fingerprint density at radius 1 is 1.00 bits per heavy atom. The van der Waals surface area contributed by atoms with Crippen molar-refractivity contribution in [3.05, 3.63) is 59.2 Å². The fraction of sp³-hybridized carbons (Fsp3) is 0.286. The lowest BCUT2D eigenvalue weighted by atomic mass is 10.1. The molecule has 8 heteroatoms. The van der Waals surface area contributed by atoms with Gasteiger partial charge in [0.2, 0.25) is 17.6 Å². The van der Waals surface area contributed by atoms with Crippen molar-refractivity contribution in [1.29, 1.82) is 0 Å². The average molecular weight is 392 g/mol. The van der Waals surface area contributed by atoms with Crippen LogP contribution in [-0.4, -0.2) is 50.5 Å². The molecule has 0 unspecified atom stereocenters. The molecule has 2 amide bonds. The molecule has 3 rings (SSSR count). The van der Waals surface area contributed by atoms with E-state index in [0.29, 0.717) is 5.82 Å². The summed E-state index contributed by atoms with van der Waals surface area (Å²) in [5, 5.41) is 15.1. The number of tetrazole rings is 1. The largest absolute Gasteiger partial charge is 0.335 e. The number of carbonyl (C=O) groups excluding carboxylic acids is 2. The minimum atomic E-state index is -0.282. The van der Waals surface area contributed by atoms with Crippen LogP contribution in [0.5, 0.6) is 0 Å². The zero-order chi connectivity index (χ0) is 21.0. The maximum Gasteiger partial charge on any atom is 0.246 e. The first kappa shape index (κ1) is 20.2. The van der Waals surface area contributed by atoms with Gasteiger partial charge in [-0.2, -0.15) is 4.80 Å². The molecule has 0 aliphatic rings. The first-order chi connectivity index (χ1) is 13.8. The summed E-state index contributed by atoms with van der Waals surface area (Å²) in [5.74, 6) is -0.0767. The topological polar surface area (TPSA) is 93.0 Å². The van der Waals surface area contributed by atoms with Crippen LogP contribution in [0.4, 0.5) is 5.69 Å². The van der Waals surface area contributed by atoms with E-state index in [1.165, 1.54) is 9.70 Å². The van der Waals surface area contributed by atoms with Gasteiger partial charge in [-0.15, -0.1) is 10.2 Å². The van der Waals surface area contributed by atoms with Crippen molar-refractivity contribution in [2.75, 3.05) is 18.9 Å². The standard InChI is InChI=1S/C21H24N6O2/c1-14-8-5-6-11-17(14)21-23-25-27(24-21)13-19(29)26(4)12-18(28)22-20-15(2)9-7-10-16(20)3/h5-11H,12-13H2,1-4H3,(H,22,28). The minimum Gasteiger partial charge on any atom is -0.335 e. The molecule has 0 radical (unpaired) electrons. The summed E-state index contributed by atoms with van der Waals surface area (Å²) in [7, 11) is 1.58. The van der Waals surface area contributed by atoms with E-state index in [0.717, 1.165) is 27.9 Å².